The van der Waals surface area contributed by atoms with Crippen molar-refractivity contribution in [3.63, 3.8) is 0 Å². The van der Waals surface area contributed by atoms with Crippen LogP contribution in [0.5, 0.6) is 46.0 Å². The lowest BCUT2D eigenvalue weighted by Gasteiger charge is -2.26. The van der Waals surface area contributed by atoms with Crippen LogP contribution in [0.4, 0.5) is 0 Å². The van der Waals surface area contributed by atoms with Crippen molar-refractivity contribution in [1.82, 2.24) is 55.3 Å². The van der Waals surface area contributed by atoms with Crippen LogP contribution < -0.4 is 37.9 Å². The van der Waals surface area contributed by atoms with E-state index in [9.17, 15) is 15.0 Å². The highest BCUT2D eigenvalue weighted by Crippen LogP contribution is 2.39. The van der Waals surface area contributed by atoms with E-state index in [2.05, 4.69) is 94.1 Å². The third-order valence-corrected chi connectivity index (χ3v) is 18.2. The van der Waals surface area contributed by atoms with Gasteiger partial charge in [-0.15, -0.1) is 0 Å². The number of β-amino-alcohol motifs (C(OH)–C–C–N with tert-alkyl or cyclic N) is 1. The Bertz CT molecular complexity index is 5530. The average Bonchev–Trinajstić information content (AvgIpc) is 1.68. The second kappa shape index (κ2) is 39.4. The summed E-state index contributed by atoms with van der Waals surface area (Å²) in [4.78, 5) is 38.4. The van der Waals surface area contributed by atoms with Gasteiger partial charge in [0.15, 0.2) is 46.0 Å². The number of aryl methyl sites for hydroxylation is 1. The highest BCUT2D eigenvalue weighted by atomic mass is 16.5. The molecule has 26 heteroatoms. The van der Waals surface area contributed by atoms with Gasteiger partial charge < -0.3 is 71.1 Å². The maximum absolute atomic E-state index is 12.6. The maximum atomic E-state index is 12.6. The van der Waals surface area contributed by atoms with Crippen LogP contribution in [0.15, 0.2) is 212 Å². The monoisotopic (exact) mass is 1560 g/mol. The number of rotatable bonds is 28. The standard InChI is InChI=1S/C27H34N4O5.2C22H20N2O3.C18H19N3O4/c1-6-34-23-11-9-19(13-24(23)35-7-2)26-28-25(29-36-26)21-10-8-18(12-17(21)3)15-31-16-20(32)14-22(31)27(33)30(4)5;1-3-25-19-13-12-16(14-20(19)26-4-2)22-23-21(24-27-22)18-11-7-9-15-8-5-6-10-17(15)18;1-3-25-19-12-11-18(14-20(19)26-4-2)22-23-21(24-27-22)17-10-9-15-7-5-6-8-16(15)13-17;1-3-23-15-6-5-13(10-16(15)24-4-2)18-20-17(21-25-18)12-7-8-19-14(9-12)11-22/h8-13,20,22,32H,6-7,14-16H2,1-5H3;2*5-14H,3-4H2,1-2H3;5-10,22H,3-4,11H2,1-2H3/t20-,22+;;;/m1.../s1. The van der Waals surface area contributed by atoms with Crippen molar-refractivity contribution in [2.24, 2.45) is 0 Å². The molecule has 0 unspecified atom stereocenters. The van der Waals surface area contributed by atoms with E-state index in [1.165, 1.54) is 5.39 Å². The Hall–Kier alpha value is -13.0. The molecular weight excluding hydrogens is 1460 g/mol. The largest absolute Gasteiger partial charge is 0.490 e. The van der Waals surface area contributed by atoms with Crippen molar-refractivity contribution in [3.05, 3.63) is 211 Å². The number of likely N-dealkylation sites (tertiary alicyclic amines) is 1. The Morgan fingerprint density at radius 1 is 0.426 bits per heavy atom. The first-order valence-corrected chi connectivity index (χ1v) is 38.3. The first-order valence-electron chi connectivity index (χ1n) is 38.3. The number of pyridine rings is 1. The predicted molar refractivity (Wildman–Crippen MR) is 437 cm³/mol. The number of aromatic nitrogens is 9. The van der Waals surface area contributed by atoms with Gasteiger partial charge in [0.25, 0.3) is 23.6 Å². The number of nitrogens with zero attached hydrogens (tertiary/aromatic N) is 11. The Morgan fingerprint density at radius 3 is 1.30 bits per heavy atom. The van der Waals surface area contributed by atoms with E-state index in [1.54, 1.807) is 37.3 Å². The number of likely N-dealkylation sites (N-methyl/N-ethyl adjacent to an activating group) is 1. The summed E-state index contributed by atoms with van der Waals surface area (Å²) in [5.74, 6) is 9.10. The zero-order valence-corrected chi connectivity index (χ0v) is 66.2. The fourth-order valence-corrected chi connectivity index (χ4v) is 12.9. The van der Waals surface area contributed by atoms with Gasteiger partial charge in [0.05, 0.1) is 77.3 Å². The molecule has 115 heavy (non-hydrogen) atoms. The van der Waals surface area contributed by atoms with E-state index < -0.39 is 6.10 Å². The molecule has 15 rings (SSSR count). The van der Waals surface area contributed by atoms with Crippen molar-refractivity contribution >= 4 is 27.5 Å². The third-order valence-electron chi connectivity index (χ3n) is 18.2. The minimum atomic E-state index is -0.497. The van der Waals surface area contributed by atoms with Crippen molar-refractivity contribution in [1.29, 1.82) is 0 Å². The summed E-state index contributed by atoms with van der Waals surface area (Å²) in [5.41, 5.74) is 9.12. The van der Waals surface area contributed by atoms with Gasteiger partial charge in [0.2, 0.25) is 29.2 Å². The van der Waals surface area contributed by atoms with Crippen LogP contribution >= 0.6 is 0 Å². The van der Waals surface area contributed by atoms with E-state index in [1.807, 2.05) is 195 Å². The molecule has 1 fully saturated rings. The van der Waals surface area contributed by atoms with Crippen LogP contribution in [-0.2, 0) is 17.9 Å². The third kappa shape index (κ3) is 20.3. The molecule has 14 aromatic rings. The molecule has 594 valence electrons. The fraction of sp³-hybridized carbons (Fsp3) is 0.281. The lowest BCUT2D eigenvalue weighted by Crippen LogP contribution is -2.42. The molecule has 1 saturated heterocycles. The molecule has 0 spiro atoms. The number of fused-ring (bicyclic) bond motifs is 2. The number of carbonyl (C=O) groups is 1. The summed E-state index contributed by atoms with van der Waals surface area (Å²) in [6, 6.07) is 60.1. The van der Waals surface area contributed by atoms with Crippen molar-refractivity contribution < 1.29 is 71.0 Å². The quantitative estimate of drug-likeness (QED) is 0.0460. The first-order chi connectivity index (χ1) is 56.1. The molecule has 0 saturated carbocycles. The molecule has 9 aromatic carbocycles. The Kier molecular flexibility index (Phi) is 27.9. The van der Waals surface area contributed by atoms with E-state index >= 15 is 0 Å². The number of aliphatic hydroxyl groups is 2. The first kappa shape index (κ1) is 81.4. The molecular formula is C89H93N11O15. The molecule has 2 atom stereocenters. The Balaban J connectivity index is 0.000000143. The molecule has 1 aliphatic heterocycles. The second-order valence-corrected chi connectivity index (χ2v) is 26.3. The SMILES string of the molecule is CCOc1ccc(-c2nc(-c3ccc(CN4C[C@H](O)C[C@H]4C(=O)N(C)C)cc3C)no2)cc1OCC.CCOc1ccc(-c2nc(-c3ccc4ccccc4c3)no2)cc1OCC.CCOc1ccc(-c2nc(-c3cccc4ccccc34)no2)cc1OCC.CCOc1ccc(-c2nc(-c3ccnc(CO)c3)no2)cc1OCC. The Morgan fingerprint density at radius 2 is 0.835 bits per heavy atom. The summed E-state index contributed by atoms with van der Waals surface area (Å²) < 4.78 is 67.1. The van der Waals surface area contributed by atoms with Crippen LogP contribution in [-0.4, -0.2) is 157 Å². The number of amides is 1. The summed E-state index contributed by atoms with van der Waals surface area (Å²) in [5, 5.41) is 40.4. The minimum absolute atomic E-state index is 0.0148. The zero-order valence-electron chi connectivity index (χ0n) is 66.2. The van der Waals surface area contributed by atoms with Crippen LogP contribution in [0.1, 0.15) is 78.6 Å². The molecule has 5 aromatic heterocycles. The van der Waals surface area contributed by atoms with Crippen LogP contribution in [0.3, 0.4) is 0 Å². The predicted octanol–water partition coefficient (Wildman–Crippen LogP) is 17.3. The molecule has 0 aliphatic carbocycles. The smallest absolute Gasteiger partial charge is 0.258 e. The van der Waals surface area contributed by atoms with Crippen LogP contribution in [0.2, 0.25) is 0 Å². The number of benzene rings is 9. The molecule has 1 amide bonds. The zero-order chi connectivity index (χ0) is 80.7. The van der Waals surface area contributed by atoms with Crippen LogP contribution in [0.25, 0.3) is 113 Å². The number of aliphatic hydroxyl groups excluding tert-OH is 2. The average molecular weight is 1560 g/mol. The summed E-state index contributed by atoms with van der Waals surface area (Å²) >= 11 is 0. The number of hydrogen-bond acceptors (Lipinski definition) is 25. The fourth-order valence-electron chi connectivity index (χ4n) is 12.9. The normalized spacial score (nSPS) is 13.0. The van der Waals surface area contributed by atoms with Gasteiger partial charge in [-0.2, -0.15) is 19.9 Å². The number of hydrogen-bond donors (Lipinski definition) is 2. The lowest BCUT2D eigenvalue weighted by atomic mass is 10.0. The highest BCUT2D eigenvalue weighted by molar-refractivity contribution is 5.95. The molecule has 0 bridgehead atoms. The van der Waals surface area contributed by atoms with E-state index in [4.69, 9.17) is 56.0 Å². The second-order valence-electron chi connectivity index (χ2n) is 26.3. The van der Waals surface area contributed by atoms with Gasteiger partial charge in [0, 0.05) is 77.9 Å². The van der Waals surface area contributed by atoms with Crippen LogP contribution in [0, 0.1) is 6.92 Å². The van der Waals surface area contributed by atoms with Gasteiger partial charge in [-0.1, -0.05) is 118 Å². The summed E-state index contributed by atoms with van der Waals surface area (Å²) in [6.45, 7) is 22.8. The maximum Gasteiger partial charge on any atom is 0.258 e. The van der Waals surface area contributed by atoms with Crippen molar-refractivity contribution in [2.75, 3.05) is 73.5 Å². The molecule has 2 N–H and O–H groups in total. The topological polar surface area (TPSA) is 306 Å². The van der Waals surface area contributed by atoms with Crippen molar-refractivity contribution in [2.45, 2.75) is 94.0 Å². The van der Waals surface area contributed by atoms with Gasteiger partial charge in [-0.3, -0.25) is 14.7 Å². The summed E-state index contributed by atoms with van der Waals surface area (Å²) in [6.07, 6.45) is 1.56. The Labute approximate surface area is 666 Å². The molecule has 0 radical (unpaired) electrons. The van der Waals surface area contributed by atoms with Gasteiger partial charge in [-0.25, -0.2) is 0 Å². The number of carbonyl (C=O) groups excluding carboxylic acids is 1. The van der Waals surface area contributed by atoms with E-state index in [0.717, 1.165) is 71.8 Å². The minimum Gasteiger partial charge on any atom is -0.490 e. The van der Waals surface area contributed by atoms with Gasteiger partial charge in [0.1, 0.15) is 0 Å². The van der Waals surface area contributed by atoms with Crippen molar-refractivity contribution in [3.8, 4) is 137 Å². The van der Waals surface area contributed by atoms with E-state index in [-0.39, 0.29) is 18.6 Å². The molecule has 1 aliphatic rings. The molecule has 26 nitrogen and oxygen atoms in total. The lowest BCUT2D eigenvalue weighted by molar-refractivity contribution is -0.133. The molecule has 6 heterocycles. The number of ether oxygens (including phenoxy) is 8. The van der Waals surface area contributed by atoms with Gasteiger partial charge in [-0.05, 0) is 192 Å². The highest BCUT2D eigenvalue weighted by Gasteiger charge is 2.37. The van der Waals surface area contributed by atoms with Gasteiger partial charge >= 0.3 is 0 Å². The van der Waals surface area contributed by atoms with E-state index in [0.29, 0.717) is 171 Å². The summed E-state index contributed by atoms with van der Waals surface area (Å²) in [7, 11) is 3.49.